The van der Waals surface area contributed by atoms with Crippen LogP contribution in [-0.4, -0.2) is 31.2 Å². The van der Waals surface area contributed by atoms with E-state index in [1.807, 2.05) is 0 Å². The average Bonchev–Trinajstić information content (AvgIpc) is 2.03. The summed E-state index contributed by atoms with van der Waals surface area (Å²) in [5.41, 5.74) is 0. The van der Waals surface area contributed by atoms with Gasteiger partial charge in [-0.15, -0.1) is 0 Å². The van der Waals surface area contributed by atoms with Crippen LogP contribution in [0.15, 0.2) is 12.3 Å². The standard InChI is InChI=1S/C8H15NO/c1-2-3-4-9-5-7-10-8-6-9/h3-4H,2,5-8H2,1H3/b4-3-. The minimum Gasteiger partial charge on any atom is -0.378 e. The summed E-state index contributed by atoms with van der Waals surface area (Å²) in [5.74, 6) is 0. The summed E-state index contributed by atoms with van der Waals surface area (Å²) in [6.45, 7) is 6.02. The van der Waals surface area contributed by atoms with Crippen LogP contribution in [0, 0.1) is 0 Å². The molecule has 1 aliphatic rings. The zero-order chi connectivity index (χ0) is 7.23. The second kappa shape index (κ2) is 4.34. The summed E-state index contributed by atoms with van der Waals surface area (Å²) in [5, 5.41) is 0. The van der Waals surface area contributed by atoms with Gasteiger partial charge in [0.15, 0.2) is 0 Å². The molecule has 1 saturated heterocycles. The summed E-state index contributed by atoms with van der Waals surface area (Å²) < 4.78 is 5.20. The van der Waals surface area contributed by atoms with Gasteiger partial charge in [-0.2, -0.15) is 0 Å². The Morgan fingerprint density at radius 1 is 1.40 bits per heavy atom. The molecule has 2 heteroatoms. The SMILES string of the molecule is CC/C=C\N1CCOCC1. The molecule has 10 heavy (non-hydrogen) atoms. The van der Waals surface area contributed by atoms with E-state index in [-0.39, 0.29) is 0 Å². The van der Waals surface area contributed by atoms with Crippen LogP contribution < -0.4 is 0 Å². The molecular formula is C8H15NO. The van der Waals surface area contributed by atoms with Crippen molar-refractivity contribution in [2.75, 3.05) is 26.3 Å². The minimum atomic E-state index is 0.883. The van der Waals surface area contributed by atoms with Crippen molar-refractivity contribution in [1.29, 1.82) is 0 Å². The zero-order valence-corrected chi connectivity index (χ0v) is 6.55. The topological polar surface area (TPSA) is 12.5 Å². The first-order valence-corrected chi connectivity index (χ1v) is 3.92. The molecule has 1 aliphatic heterocycles. The fraction of sp³-hybridized carbons (Fsp3) is 0.750. The summed E-state index contributed by atoms with van der Waals surface area (Å²) in [6.07, 6.45) is 5.48. The van der Waals surface area contributed by atoms with Crippen LogP contribution in [0.1, 0.15) is 13.3 Å². The number of nitrogens with zero attached hydrogens (tertiary/aromatic N) is 1. The molecule has 0 unspecified atom stereocenters. The molecule has 2 nitrogen and oxygen atoms in total. The van der Waals surface area contributed by atoms with E-state index in [1.165, 1.54) is 0 Å². The van der Waals surface area contributed by atoms with Gasteiger partial charge >= 0.3 is 0 Å². The van der Waals surface area contributed by atoms with Crippen LogP contribution in [0.3, 0.4) is 0 Å². The number of morpholine rings is 1. The predicted octanol–water partition coefficient (Wildman–Crippen LogP) is 1.24. The van der Waals surface area contributed by atoms with Gasteiger partial charge in [0, 0.05) is 13.1 Å². The number of rotatable bonds is 2. The number of hydrogen-bond donors (Lipinski definition) is 0. The Morgan fingerprint density at radius 3 is 2.70 bits per heavy atom. The first kappa shape index (κ1) is 7.61. The van der Waals surface area contributed by atoms with Gasteiger partial charge in [-0.3, -0.25) is 0 Å². The second-order valence-electron chi connectivity index (χ2n) is 2.44. The van der Waals surface area contributed by atoms with Crippen molar-refractivity contribution in [2.24, 2.45) is 0 Å². The quantitative estimate of drug-likeness (QED) is 0.573. The molecule has 1 heterocycles. The Hall–Kier alpha value is -0.500. The van der Waals surface area contributed by atoms with Crippen molar-refractivity contribution in [2.45, 2.75) is 13.3 Å². The van der Waals surface area contributed by atoms with E-state index in [1.54, 1.807) is 0 Å². The van der Waals surface area contributed by atoms with Crippen molar-refractivity contribution >= 4 is 0 Å². The van der Waals surface area contributed by atoms with E-state index >= 15 is 0 Å². The van der Waals surface area contributed by atoms with Gasteiger partial charge < -0.3 is 9.64 Å². The first-order chi connectivity index (χ1) is 4.93. The van der Waals surface area contributed by atoms with Gasteiger partial charge in [0.2, 0.25) is 0 Å². The van der Waals surface area contributed by atoms with Crippen LogP contribution in [0.2, 0.25) is 0 Å². The Kier molecular flexibility index (Phi) is 3.30. The molecule has 0 aromatic rings. The van der Waals surface area contributed by atoms with Gasteiger partial charge in [-0.05, 0) is 12.6 Å². The van der Waals surface area contributed by atoms with Crippen LogP contribution >= 0.6 is 0 Å². The van der Waals surface area contributed by atoms with Gasteiger partial charge in [0.25, 0.3) is 0 Å². The highest BCUT2D eigenvalue weighted by Crippen LogP contribution is 1.97. The van der Waals surface area contributed by atoms with Gasteiger partial charge in [-0.1, -0.05) is 13.0 Å². The average molecular weight is 141 g/mol. The summed E-state index contributed by atoms with van der Waals surface area (Å²) in [7, 11) is 0. The maximum absolute atomic E-state index is 5.20. The number of hydrogen-bond acceptors (Lipinski definition) is 2. The van der Waals surface area contributed by atoms with Gasteiger partial charge in [-0.25, -0.2) is 0 Å². The van der Waals surface area contributed by atoms with Crippen molar-refractivity contribution in [3.05, 3.63) is 12.3 Å². The van der Waals surface area contributed by atoms with Crippen molar-refractivity contribution in [1.82, 2.24) is 4.90 Å². The minimum absolute atomic E-state index is 0.883. The second-order valence-corrected chi connectivity index (χ2v) is 2.44. The van der Waals surface area contributed by atoms with Crippen molar-refractivity contribution in [3.8, 4) is 0 Å². The van der Waals surface area contributed by atoms with E-state index in [4.69, 9.17) is 4.74 Å². The third-order valence-corrected chi connectivity index (χ3v) is 1.60. The Balaban J connectivity index is 2.19. The predicted molar refractivity (Wildman–Crippen MR) is 41.8 cm³/mol. The number of allylic oxidation sites excluding steroid dienone is 1. The van der Waals surface area contributed by atoms with Crippen LogP contribution in [0.4, 0.5) is 0 Å². The van der Waals surface area contributed by atoms with Crippen LogP contribution in [0.25, 0.3) is 0 Å². The molecule has 0 bridgehead atoms. The zero-order valence-electron chi connectivity index (χ0n) is 6.55. The molecule has 0 aliphatic carbocycles. The Morgan fingerprint density at radius 2 is 2.10 bits per heavy atom. The molecule has 0 amide bonds. The molecule has 0 radical (unpaired) electrons. The van der Waals surface area contributed by atoms with Crippen LogP contribution in [-0.2, 0) is 4.74 Å². The highest BCUT2D eigenvalue weighted by atomic mass is 16.5. The third-order valence-electron chi connectivity index (χ3n) is 1.60. The van der Waals surface area contributed by atoms with Crippen molar-refractivity contribution < 1.29 is 4.74 Å². The van der Waals surface area contributed by atoms with E-state index in [0.29, 0.717) is 0 Å². The molecule has 1 rings (SSSR count). The largest absolute Gasteiger partial charge is 0.378 e. The van der Waals surface area contributed by atoms with E-state index in [9.17, 15) is 0 Å². The molecule has 0 N–H and O–H groups in total. The monoisotopic (exact) mass is 141 g/mol. The molecule has 1 fully saturated rings. The maximum atomic E-state index is 5.20. The maximum Gasteiger partial charge on any atom is 0.0642 e. The third kappa shape index (κ3) is 2.40. The molecule has 0 saturated carbocycles. The van der Waals surface area contributed by atoms with E-state index in [0.717, 1.165) is 32.7 Å². The van der Waals surface area contributed by atoms with Crippen LogP contribution in [0.5, 0.6) is 0 Å². The molecule has 0 spiro atoms. The normalized spacial score (nSPS) is 20.3. The Bertz CT molecular complexity index is 106. The summed E-state index contributed by atoms with van der Waals surface area (Å²) >= 11 is 0. The lowest BCUT2D eigenvalue weighted by Crippen LogP contribution is -2.31. The highest BCUT2D eigenvalue weighted by molar-refractivity contribution is 4.82. The fourth-order valence-electron chi connectivity index (χ4n) is 0.981. The molecule has 0 aromatic heterocycles. The van der Waals surface area contributed by atoms with Gasteiger partial charge in [0.05, 0.1) is 13.2 Å². The lowest BCUT2D eigenvalue weighted by Gasteiger charge is -2.24. The van der Waals surface area contributed by atoms with E-state index in [2.05, 4.69) is 24.1 Å². The fourth-order valence-corrected chi connectivity index (χ4v) is 0.981. The smallest absolute Gasteiger partial charge is 0.0642 e. The lowest BCUT2D eigenvalue weighted by atomic mass is 10.4. The molecule has 0 aromatic carbocycles. The highest BCUT2D eigenvalue weighted by Gasteiger charge is 2.03. The number of ether oxygens (including phenoxy) is 1. The van der Waals surface area contributed by atoms with Crippen molar-refractivity contribution in [3.63, 3.8) is 0 Å². The summed E-state index contributed by atoms with van der Waals surface area (Å²) in [4.78, 5) is 2.30. The Labute approximate surface area is 62.5 Å². The molecule has 0 atom stereocenters. The first-order valence-electron chi connectivity index (χ1n) is 3.92. The summed E-state index contributed by atoms with van der Waals surface area (Å²) in [6, 6.07) is 0. The van der Waals surface area contributed by atoms with Gasteiger partial charge in [0.1, 0.15) is 0 Å². The van der Waals surface area contributed by atoms with E-state index < -0.39 is 0 Å². The lowest BCUT2D eigenvalue weighted by molar-refractivity contribution is 0.0593. The molecular weight excluding hydrogens is 126 g/mol. The molecule has 58 valence electrons.